The predicted octanol–water partition coefficient (Wildman–Crippen LogP) is 7.62. The molecule has 162 valence electrons. The molecular formula is C28H44O. The molecule has 3 fully saturated rings. The van der Waals surface area contributed by atoms with E-state index in [9.17, 15) is 4.79 Å². The van der Waals surface area contributed by atoms with Crippen molar-refractivity contribution in [3.63, 3.8) is 0 Å². The Hall–Kier alpha value is -0.850. The Bertz CT molecular complexity index is 699. The molecule has 0 aromatic rings. The third-order valence-corrected chi connectivity index (χ3v) is 10.4. The molecule has 0 heterocycles. The van der Waals surface area contributed by atoms with Crippen LogP contribution in [0.3, 0.4) is 0 Å². The normalized spacial score (nSPS) is 44.2. The zero-order chi connectivity index (χ0) is 21.0. The monoisotopic (exact) mass is 396 g/mol. The van der Waals surface area contributed by atoms with Gasteiger partial charge in [0.2, 0.25) is 0 Å². The Labute approximate surface area is 179 Å². The van der Waals surface area contributed by atoms with E-state index < -0.39 is 0 Å². The van der Waals surface area contributed by atoms with Crippen LogP contribution in [0.5, 0.6) is 0 Å². The van der Waals surface area contributed by atoms with Crippen LogP contribution in [0.1, 0.15) is 92.9 Å². The molecule has 0 saturated heterocycles. The summed E-state index contributed by atoms with van der Waals surface area (Å²) in [5.74, 6) is 5.57. The molecule has 4 rings (SSSR count). The van der Waals surface area contributed by atoms with Crippen molar-refractivity contribution in [3.05, 3.63) is 23.8 Å². The molecule has 1 nitrogen and oxygen atoms in total. The summed E-state index contributed by atoms with van der Waals surface area (Å²) >= 11 is 0. The van der Waals surface area contributed by atoms with Gasteiger partial charge >= 0.3 is 0 Å². The summed E-state index contributed by atoms with van der Waals surface area (Å²) in [6.45, 7) is 14.7. The van der Waals surface area contributed by atoms with Crippen LogP contribution in [-0.4, -0.2) is 5.78 Å². The fourth-order valence-corrected chi connectivity index (χ4v) is 7.91. The fourth-order valence-electron chi connectivity index (χ4n) is 7.91. The van der Waals surface area contributed by atoms with Crippen LogP contribution in [0.4, 0.5) is 0 Å². The van der Waals surface area contributed by atoms with Gasteiger partial charge in [0.1, 0.15) is 5.78 Å². The number of carbonyl (C=O) groups excluding carboxylic acids is 1. The molecule has 0 amide bonds. The van der Waals surface area contributed by atoms with Crippen LogP contribution in [0, 0.1) is 52.3 Å². The van der Waals surface area contributed by atoms with Crippen LogP contribution in [-0.2, 0) is 4.79 Å². The number of fused-ring (bicyclic) bond motifs is 5. The van der Waals surface area contributed by atoms with E-state index in [1.54, 1.807) is 0 Å². The highest BCUT2D eigenvalue weighted by atomic mass is 16.1. The molecule has 0 aromatic heterocycles. The van der Waals surface area contributed by atoms with E-state index in [2.05, 4.69) is 59.8 Å². The van der Waals surface area contributed by atoms with Crippen LogP contribution in [0.15, 0.2) is 23.8 Å². The molecule has 1 heteroatoms. The Morgan fingerprint density at radius 3 is 2.41 bits per heavy atom. The van der Waals surface area contributed by atoms with Gasteiger partial charge in [-0.3, -0.25) is 4.79 Å². The Kier molecular flexibility index (Phi) is 5.67. The van der Waals surface area contributed by atoms with Crippen LogP contribution < -0.4 is 0 Å². The number of rotatable bonds is 4. The molecule has 4 aliphatic rings. The average Bonchev–Trinajstić information content (AvgIpc) is 3.03. The van der Waals surface area contributed by atoms with Gasteiger partial charge in [-0.25, -0.2) is 0 Å². The lowest BCUT2D eigenvalue weighted by atomic mass is 9.48. The zero-order valence-electron chi connectivity index (χ0n) is 19.8. The summed E-state index contributed by atoms with van der Waals surface area (Å²) in [7, 11) is 0. The summed E-state index contributed by atoms with van der Waals surface area (Å²) in [5.41, 5.74) is 2.68. The van der Waals surface area contributed by atoms with E-state index in [1.165, 1.54) is 25.7 Å². The van der Waals surface area contributed by atoms with Gasteiger partial charge in [-0.15, -0.1) is 0 Å². The Balaban J connectivity index is 1.55. The number of carbonyl (C=O) groups is 1. The van der Waals surface area contributed by atoms with Crippen LogP contribution in [0.25, 0.3) is 0 Å². The summed E-state index contributed by atoms with van der Waals surface area (Å²) in [6, 6.07) is 0. The Morgan fingerprint density at radius 2 is 1.69 bits per heavy atom. The van der Waals surface area contributed by atoms with E-state index in [4.69, 9.17) is 0 Å². The third-order valence-electron chi connectivity index (χ3n) is 10.4. The summed E-state index contributed by atoms with van der Waals surface area (Å²) in [6.07, 6.45) is 17.2. The molecule has 8 atom stereocenters. The molecule has 0 aromatic carbocycles. The SMILES string of the molecule is CC(C)[C@@H](C)/C=C/[C@H](C)[C@H]1CC[C@H]2C3=CC[C@@H]4CC(=O)CC[C@]4(C)[C@H]3CC[C@]12C. The van der Waals surface area contributed by atoms with Crippen LogP contribution >= 0.6 is 0 Å². The van der Waals surface area contributed by atoms with Crippen molar-refractivity contribution in [2.45, 2.75) is 92.9 Å². The van der Waals surface area contributed by atoms with Gasteiger partial charge < -0.3 is 0 Å². The van der Waals surface area contributed by atoms with E-state index in [0.29, 0.717) is 34.4 Å². The van der Waals surface area contributed by atoms with Gasteiger partial charge in [0.25, 0.3) is 0 Å². The topological polar surface area (TPSA) is 17.1 Å². The average molecular weight is 397 g/mol. The lowest BCUT2D eigenvalue weighted by Gasteiger charge is -2.57. The van der Waals surface area contributed by atoms with Crippen molar-refractivity contribution >= 4 is 5.78 Å². The smallest absolute Gasteiger partial charge is 0.133 e. The van der Waals surface area contributed by atoms with Crippen molar-refractivity contribution in [2.24, 2.45) is 52.3 Å². The van der Waals surface area contributed by atoms with Gasteiger partial charge in [0, 0.05) is 12.8 Å². The lowest BCUT2D eigenvalue weighted by molar-refractivity contribution is -0.127. The Morgan fingerprint density at radius 1 is 0.966 bits per heavy atom. The maximum absolute atomic E-state index is 12.1. The fraction of sp³-hybridized carbons (Fsp3) is 0.821. The summed E-state index contributed by atoms with van der Waals surface area (Å²) < 4.78 is 0. The molecule has 0 aliphatic heterocycles. The molecule has 29 heavy (non-hydrogen) atoms. The minimum absolute atomic E-state index is 0.385. The van der Waals surface area contributed by atoms with E-state index in [-0.39, 0.29) is 0 Å². The predicted molar refractivity (Wildman–Crippen MR) is 123 cm³/mol. The minimum atomic E-state index is 0.385. The maximum atomic E-state index is 12.1. The van der Waals surface area contributed by atoms with Gasteiger partial charge in [-0.05, 0) is 90.8 Å². The third kappa shape index (κ3) is 3.49. The quantitative estimate of drug-likeness (QED) is 0.447. The number of hydrogen-bond acceptors (Lipinski definition) is 1. The molecule has 0 N–H and O–H groups in total. The molecule has 0 spiro atoms. The number of hydrogen-bond donors (Lipinski definition) is 0. The second kappa shape index (κ2) is 7.69. The number of ketones is 1. The lowest BCUT2D eigenvalue weighted by Crippen LogP contribution is -2.49. The first-order valence-corrected chi connectivity index (χ1v) is 12.6. The van der Waals surface area contributed by atoms with Gasteiger partial charge in [-0.2, -0.15) is 0 Å². The summed E-state index contributed by atoms with van der Waals surface area (Å²) in [5, 5.41) is 0. The standard InChI is InChI=1S/C28H44O/c1-18(2)19(3)7-8-20(4)24-11-12-25-23-10-9-21-17-22(29)13-15-27(21,5)26(23)14-16-28(24,25)6/h7-8,10,18-21,24-26H,9,11-17H2,1-6H3/b8-7+/t19-,20-,21+,24+,25-,26-,27-,28+/m0/s1. The number of Topliss-reactive ketones (excluding diaryl/α,β-unsaturated/α-hetero) is 1. The first kappa shape index (κ1) is 21.4. The second-order valence-electron chi connectivity index (χ2n) is 12.1. The molecule has 0 unspecified atom stereocenters. The first-order valence-electron chi connectivity index (χ1n) is 12.6. The van der Waals surface area contributed by atoms with E-state index >= 15 is 0 Å². The van der Waals surface area contributed by atoms with Crippen molar-refractivity contribution < 1.29 is 4.79 Å². The number of allylic oxidation sites excluding steroid dienone is 4. The van der Waals surface area contributed by atoms with Gasteiger partial charge in [0.15, 0.2) is 0 Å². The molecule has 4 aliphatic carbocycles. The van der Waals surface area contributed by atoms with Gasteiger partial charge in [-0.1, -0.05) is 65.3 Å². The van der Waals surface area contributed by atoms with Crippen molar-refractivity contribution in [1.29, 1.82) is 0 Å². The molecule has 3 saturated carbocycles. The molecular weight excluding hydrogens is 352 g/mol. The van der Waals surface area contributed by atoms with E-state index in [1.807, 2.05) is 5.57 Å². The van der Waals surface area contributed by atoms with Crippen LogP contribution in [0.2, 0.25) is 0 Å². The largest absolute Gasteiger partial charge is 0.300 e. The van der Waals surface area contributed by atoms with Crippen molar-refractivity contribution in [1.82, 2.24) is 0 Å². The van der Waals surface area contributed by atoms with Crippen molar-refractivity contribution in [2.75, 3.05) is 0 Å². The van der Waals surface area contributed by atoms with Crippen molar-refractivity contribution in [3.8, 4) is 0 Å². The summed E-state index contributed by atoms with van der Waals surface area (Å²) in [4.78, 5) is 12.1. The molecule has 0 bridgehead atoms. The first-order chi connectivity index (χ1) is 13.7. The molecule has 0 radical (unpaired) electrons. The highest BCUT2D eigenvalue weighted by molar-refractivity contribution is 5.79. The highest BCUT2D eigenvalue weighted by Gasteiger charge is 2.57. The van der Waals surface area contributed by atoms with Gasteiger partial charge in [0.05, 0.1) is 0 Å². The zero-order valence-corrected chi connectivity index (χ0v) is 19.8. The highest BCUT2D eigenvalue weighted by Crippen LogP contribution is 2.66. The maximum Gasteiger partial charge on any atom is 0.133 e. The minimum Gasteiger partial charge on any atom is -0.300 e. The van der Waals surface area contributed by atoms with E-state index in [0.717, 1.165) is 49.4 Å². The second-order valence-corrected chi connectivity index (χ2v) is 12.1.